The van der Waals surface area contributed by atoms with E-state index in [0.717, 1.165) is 0 Å². The van der Waals surface area contributed by atoms with E-state index in [1.807, 2.05) is 0 Å². The van der Waals surface area contributed by atoms with E-state index in [0.29, 0.717) is 22.7 Å². The van der Waals surface area contributed by atoms with Crippen molar-refractivity contribution in [1.29, 1.82) is 0 Å². The third kappa shape index (κ3) is 4.50. The van der Waals surface area contributed by atoms with Gasteiger partial charge in [-0.2, -0.15) is 0 Å². The van der Waals surface area contributed by atoms with Crippen molar-refractivity contribution in [2.75, 3.05) is 22.1 Å². The second-order valence-electron chi connectivity index (χ2n) is 6.63. The molecule has 0 radical (unpaired) electrons. The summed E-state index contributed by atoms with van der Waals surface area (Å²) in [6.45, 7) is 5.22. The van der Waals surface area contributed by atoms with E-state index < -0.39 is 11.3 Å². The molecule has 2 rings (SSSR count). The van der Waals surface area contributed by atoms with Gasteiger partial charge in [0.2, 0.25) is 11.8 Å². The number of nitrogen functional groups attached to an aromatic ring is 2. The first kappa shape index (κ1) is 18.3. The van der Waals surface area contributed by atoms with Gasteiger partial charge >= 0.3 is 0 Å². The summed E-state index contributed by atoms with van der Waals surface area (Å²) in [4.78, 5) is 25.1. The highest BCUT2D eigenvalue weighted by molar-refractivity contribution is 6.01. The standard InChI is InChI=1S/C19H24N4O2/c1-12(17(24)22-15-8-4-13(20)5-9-15)19(2,3)18(25)23-16-10-6-14(21)7-11-16/h4-12H,20-21H2,1-3H3,(H,22,24)(H,23,25). The summed E-state index contributed by atoms with van der Waals surface area (Å²) in [6, 6.07) is 13.7. The van der Waals surface area contributed by atoms with Crippen LogP contribution in [0.1, 0.15) is 20.8 Å². The molecule has 132 valence electrons. The Morgan fingerprint density at radius 1 is 0.840 bits per heavy atom. The second kappa shape index (κ2) is 7.25. The number of hydrogen-bond donors (Lipinski definition) is 4. The molecule has 1 atom stereocenters. The molecule has 0 aliphatic carbocycles. The third-order valence-electron chi connectivity index (χ3n) is 4.41. The van der Waals surface area contributed by atoms with Gasteiger partial charge < -0.3 is 22.1 Å². The Bertz CT molecular complexity index is 752. The summed E-state index contributed by atoms with van der Waals surface area (Å²) in [6.07, 6.45) is 0. The maximum atomic E-state index is 12.6. The first-order chi connectivity index (χ1) is 11.7. The molecule has 2 aromatic carbocycles. The molecule has 6 N–H and O–H groups in total. The van der Waals surface area contributed by atoms with Crippen LogP contribution in [0.25, 0.3) is 0 Å². The van der Waals surface area contributed by atoms with Crippen LogP contribution in [0, 0.1) is 11.3 Å². The molecule has 0 saturated carbocycles. The molecule has 0 aromatic heterocycles. The van der Waals surface area contributed by atoms with Crippen molar-refractivity contribution in [3.8, 4) is 0 Å². The molecular formula is C19H24N4O2. The number of nitrogens with one attached hydrogen (secondary N) is 2. The van der Waals surface area contributed by atoms with Crippen LogP contribution in [0.15, 0.2) is 48.5 Å². The topological polar surface area (TPSA) is 110 Å². The number of rotatable bonds is 5. The molecule has 2 aromatic rings. The van der Waals surface area contributed by atoms with Gasteiger partial charge in [0, 0.05) is 28.7 Å². The largest absolute Gasteiger partial charge is 0.399 e. The van der Waals surface area contributed by atoms with E-state index in [4.69, 9.17) is 11.5 Å². The Hall–Kier alpha value is -3.02. The van der Waals surface area contributed by atoms with Crippen molar-refractivity contribution >= 4 is 34.6 Å². The second-order valence-corrected chi connectivity index (χ2v) is 6.63. The molecule has 2 amide bonds. The lowest BCUT2D eigenvalue weighted by Gasteiger charge is -2.29. The monoisotopic (exact) mass is 340 g/mol. The Balaban J connectivity index is 2.05. The average molecular weight is 340 g/mol. The number of nitrogens with two attached hydrogens (primary N) is 2. The first-order valence-corrected chi connectivity index (χ1v) is 8.03. The highest BCUT2D eigenvalue weighted by Gasteiger charge is 2.38. The molecule has 1 unspecified atom stereocenters. The summed E-state index contributed by atoms with van der Waals surface area (Å²) in [7, 11) is 0. The molecule has 6 heteroatoms. The van der Waals surface area contributed by atoms with Crippen LogP contribution in [0.4, 0.5) is 22.7 Å². The number of amides is 2. The van der Waals surface area contributed by atoms with Crippen LogP contribution >= 0.6 is 0 Å². The molecule has 0 heterocycles. The zero-order valence-corrected chi connectivity index (χ0v) is 14.7. The van der Waals surface area contributed by atoms with Crippen molar-refractivity contribution in [2.45, 2.75) is 20.8 Å². The summed E-state index contributed by atoms with van der Waals surface area (Å²) < 4.78 is 0. The van der Waals surface area contributed by atoms with Gasteiger partial charge in [-0.1, -0.05) is 20.8 Å². The van der Waals surface area contributed by atoms with E-state index in [9.17, 15) is 9.59 Å². The molecule has 0 aliphatic heterocycles. The normalized spacial score (nSPS) is 12.3. The number of anilines is 4. The zero-order valence-electron chi connectivity index (χ0n) is 14.7. The highest BCUT2D eigenvalue weighted by Crippen LogP contribution is 2.30. The highest BCUT2D eigenvalue weighted by atomic mass is 16.2. The van der Waals surface area contributed by atoms with Gasteiger partial charge in [0.1, 0.15) is 0 Å². The van der Waals surface area contributed by atoms with Crippen molar-refractivity contribution in [3.05, 3.63) is 48.5 Å². The van der Waals surface area contributed by atoms with Gasteiger partial charge in [0.25, 0.3) is 0 Å². The first-order valence-electron chi connectivity index (χ1n) is 8.03. The number of hydrogen-bond acceptors (Lipinski definition) is 4. The maximum Gasteiger partial charge on any atom is 0.230 e. The lowest BCUT2D eigenvalue weighted by Crippen LogP contribution is -2.42. The van der Waals surface area contributed by atoms with Crippen LogP contribution in [0.2, 0.25) is 0 Å². The summed E-state index contributed by atoms with van der Waals surface area (Å²) in [5.74, 6) is -1.02. The van der Waals surface area contributed by atoms with Crippen molar-refractivity contribution in [1.82, 2.24) is 0 Å². The Morgan fingerprint density at radius 2 is 1.24 bits per heavy atom. The van der Waals surface area contributed by atoms with E-state index in [2.05, 4.69) is 10.6 Å². The quantitative estimate of drug-likeness (QED) is 0.627. The van der Waals surface area contributed by atoms with Gasteiger partial charge in [0.05, 0.1) is 5.41 Å². The minimum atomic E-state index is -0.903. The SMILES string of the molecule is CC(C(=O)Nc1ccc(N)cc1)C(C)(C)C(=O)Nc1ccc(N)cc1. The summed E-state index contributed by atoms with van der Waals surface area (Å²) in [5, 5.41) is 5.64. The van der Waals surface area contributed by atoms with Crippen LogP contribution in [-0.2, 0) is 9.59 Å². The Morgan fingerprint density at radius 3 is 1.68 bits per heavy atom. The molecule has 0 fully saturated rings. The number of benzene rings is 2. The predicted octanol–water partition coefficient (Wildman–Crippen LogP) is 3.09. The molecule has 6 nitrogen and oxygen atoms in total. The molecule has 0 aliphatic rings. The minimum Gasteiger partial charge on any atom is -0.399 e. The molecular weight excluding hydrogens is 316 g/mol. The molecule has 0 saturated heterocycles. The van der Waals surface area contributed by atoms with Gasteiger partial charge in [-0.25, -0.2) is 0 Å². The van der Waals surface area contributed by atoms with Gasteiger partial charge in [0.15, 0.2) is 0 Å². The van der Waals surface area contributed by atoms with Crippen molar-refractivity contribution in [3.63, 3.8) is 0 Å². The fourth-order valence-corrected chi connectivity index (χ4v) is 2.20. The third-order valence-corrected chi connectivity index (χ3v) is 4.41. The Kier molecular flexibility index (Phi) is 5.32. The summed E-state index contributed by atoms with van der Waals surface area (Å²) in [5.41, 5.74) is 12.9. The van der Waals surface area contributed by atoms with Crippen molar-refractivity contribution in [2.24, 2.45) is 11.3 Å². The predicted molar refractivity (Wildman–Crippen MR) is 102 cm³/mol. The fourth-order valence-electron chi connectivity index (χ4n) is 2.20. The zero-order chi connectivity index (χ0) is 18.6. The van der Waals surface area contributed by atoms with Gasteiger partial charge in [-0.3, -0.25) is 9.59 Å². The van der Waals surface area contributed by atoms with E-state index in [1.54, 1.807) is 69.3 Å². The van der Waals surface area contributed by atoms with E-state index in [1.165, 1.54) is 0 Å². The minimum absolute atomic E-state index is 0.234. The van der Waals surface area contributed by atoms with Crippen LogP contribution in [0.3, 0.4) is 0 Å². The van der Waals surface area contributed by atoms with E-state index >= 15 is 0 Å². The lowest BCUT2D eigenvalue weighted by molar-refractivity contribution is -0.133. The average Bonchev–Trinajstić information content (AvgIpc) is 2.58. The van der Waals surface area contributed by atoms with Gasteiger partial charge in [-0.05, 0) is 48.5 Å². The molecule has 0 bridgehead atoms. The number of carbonyl (C=O) groups excluding carboxylic acids is 2. The van der Waals surface area contributed by atoms with Crippen LogP contribution in [-0.4, -0.2) is 11.8 Å². The smallest absolute Gasteiger partial charge is 0.230 e. The van der Waals surface area contributed by atoms with Crippen LogP contribution < -0.4 is 22.1 Å². The van der Waals surface area contributed by atoms with Crippen molar-refractivity contribution < 1.29 is 9.59 Å². The lowest BCUT2D eigenvalue weighted by atomic mass is 9.78. The van der Waals surface area contributed by atoms with Crippen LogP contribution in [0.5, 0.6) is 0 Å². The van der Waals surface area contributed by atoms with Gasteiger partial charge in [-0.15, -0.1) is 0 Å². The maximum absolute atomic E-state index is 12.6. The molecule has 25 heavy (non-hydrogen) atoms. The Labute approximate surface area is 147 Å². The summed E-state index contributed by atoms with van der Waals surface area (Å²) >= 11 is 0. The van der Waals surface area contributed by atoms with E-state index in [-0.39, 0.29) is 11.8 Å². The number of carbonyl (C=O) groups is 2. The fraction of sp³-hybridized carbons (Fsp3) is 0.263. The molecule has 0 spiro atoms.